The summed E-state index contributed by atoms with van der Waals surface area (Å²) in [7, 11) is 3.07. The van der Waals surface area contributed by atoms with E-state index in [1.165, 1.54) is 13.4 Å². The average molecular weight is 402 g/mol. The highest BCUT2D eigenvalue weighted by molar-refractivity contribution is 5.88. The molecule has 7 heteroatoms. The van der Waals surface area contributed by atoms with E-state index in [4.69, 9.17) is 9.47 Å². The number of hydrogen-bond donors (Lipinski definition) is 1. The van der Waals surface area contributed by atoms with Gasteiger partial charge in [0.05, 0.1) is 14.2 Å². The summed E-state index contributed by atoms with van der Waals surface area (Å²) in [4.78, 5) is 23.9. The van der Waals surface area contributed by atoms with Gasteiger partial charge in [0.15, 0.2) is 0 Å². The lowest BCUT2D eigenvalue weighted by Gasteiger charge is -2.37. The van der Waals surface area contributed by atoms with Gasteiger partial charge in [-0.3, -0.25) is 9.79 Å². The Balaban J connectivity index is 1.98. The SMILES string of the molecule is COc1cc(O)c(C(CC(=O)N2CC(C)CC(C)C2)C2(C)C=NC=N2)c(OC)c1. The van der Waals surface area contributed by atoms with Crippen molar-refractivity contribution < 1.29 is 19.4 Å². The van der Waals surface area contributed by atoms with Gasteiger partial charge in [-0.05, 0) is 25.2 Å². The number of carbonyl (C=O) groups is 1. The van der Waals surface area contributed by atoms with Crippen LogP contribution in [0.1, 0.15) is 45.1 Å². The molecule has 2 aliphatic heterocycles. The van der Waals surface area contributed by atoms with E-state index in [1.807, 2.05) is 11.8 Å². The van der Waals surface area contributed by atoms with Crippen LogP contribution in [0.5, 0.6) is 17.2 Å². The molecule has 1 fully saturated rings. The van der Waals surface area contributed by atoms with Gasteiger partial charge in [0, 0.05) is 49.3 Å². The lowest BCUT2D eigenvalue weighted by atomic mass is 9.78. The van der Waals surface area contributed by atoms with Crippen LogP contribution in [0.3, 0.4) is 0 Å². The Kier molecular flexibility index (Phi) is 6.15. The normalized spacial score (nSPS) is 27.1. The molecule has 2 heterocycles. The standard InChI is InChI=1S/C22H31N3O4/c1-14-6-15(2)11-25(10-14)20(27)9-17(22(3)12-23-13-24-22)21-18(26)7-16(28-4)8-19(21)29-5/h7-8,12-15,17,26H,6,9-11H2,1-5H3. The van der Waals surface area contributed by atoms with Crippen LogP contribution in [0.4, 0.5) is 0 Å². The van der Waals surface area contributed by atoms with Gasteiger partial charge in [0.2, 0.25) is 5.91 Å². The van der Waals surface area contributed by atoms with Crippen molar-refractivity contribution in [1.82, 2.24) is 4.90 Å². The summed E-state index contributed by atoms with van der Waals surface area (Å²) in [5.74, 6) is 1.57. The van der Waals surface area contributed by atoms with Crippen LogP contribution in [0.25, 0.3) is 0 Å². The Hall–Kier alpha value is -2.57. The second kappa shape index (κ2) is 8.43. The molecule has 29 heavy (non-hydrogen) atoms. The predicted octanol–water partition coefficient (Wildman–Crippen LogP) is 3.26. The molecular weight excluding hydrogens is 370 g/mol. The number of nitrogens with zero attached hydrogens (tertiary/aromatic N) is 3. The molecule has 0 aromatic heterocycles. The highest BCUT2D eigenvalue weighted by atomic mass is 16.5. The summed E-state index contributed by atoms with van der Waals surface area (Å²) < 4.78 is 10.8. The van der Waals surface area contributed by atoms with Gasteiger partial charge in [0.1, 0.15) is 29.1 Å². The lowest BCUT2D eigenvalue weighted by molar-refractivity contribution is -0.134. The van der Waals surface area contributed by atoms with Crippen molar-refractivity contribution in [3.8, 4) is 17.2 Å². The molecule has 4 atom stereocenters. The van der Waals surface area contributed by atoms with E-state index in [0.717, 1.165) is 19.5 Å². The van der Waals surface area contributed by atoms with Crippen molar-refractivity contribution >= 4 is 18.5 Å². The summed E-state index contributed by atoms with van der Waals surface area (Å²) in [5, 5.41) is 10.8. The van der Waals surface area contributed by atoms with E-state index in [1.54, 1.807) is 25.5 Å². The highest BCUT2D eigenvalue weighted by Crippen LogP contribution is 2.46. The van der Waals surface area contributed by atoms with Gasteiger partial charge in [-0.25, -0.2) is 4.99 Å². The molecule has 0 saturated carbocycles. The van der Waals surface area contributed by atoms with Gasteiger partial charge < -0.3 is 19.5 Å². The van der Waals surface area contributed by atoms with Crippen molar-refractivity contribution in [2.24, 2.45) is 21.8 Å². The maximum Gasteiger partial charge on any atom is 0.223 e. The third-order valence-electron chi connectivity index (χ3n) is 5.94. The number of amides is 1. The van der Waals surface area contributed by atoms with Crippen LogP contribution in [0.15, 0.2) is 22.1 Å². The van der Waals surface area contributed by atoms with Gasteiger partial charge >= 0.3 is 0 Å². The number of aromatic hydroxyl groups is 1. The van der Waals surface area contributed by atoms with Crippen LogP contribution in [-0.4, -0.2) is 61.3 Å². The molecule has 1 aromatic rings. The molecule has 0 bridgehead atoms. The Morgan fingerprint density at radius 2 is 1.97 bits per heavy atom. The number of piperidine rings is 1. The highest BCUT2D eigenvalue weighted by Gasteiger charge is 2.41. The Morgan fingerprint density at radius 3 is 2.52 bits per heavy atom. The van der Waals surface area contributed by atoms with Gasteiger partial charge in [-0.1, -0.05) is 13.8 Å². The summed E-state index contributed by atoms with van der Waals surface area (Å²) in [6.45, 7) is 7.80. The predicted molar refractivity (Wildman–Crippen MR) is 113 cm³/mol. The maximum absolute atomic E-state index is 13.3. The number of ether oxygens (including phenoxy) is 2. The molecule has 1 aromatic carbocycles. The van der Waals surface area contributed by atoms with E-state index in [9.17, 15) is 9.90 Å². The van der Waals surface area contributed by atoms with Gasteiger partial charge in [-0.2, -0.15) is 0 Å². The van der Waals surface area contributed by atoms with Crippen molar-refractivity contribution in [3.05, 3.63) is 17.7 Å². The molecule has 1 amide bonds. The molecular formula is C22H31N3O4. The van der Waals surface area contributed by atoms with Crippen molar-refractivity contribution in [2.45, 2.75) is 45.1 Å². The first-order chi connectivity index (χ1) is 13.8. The fourth-order valence-corrected chi connectivity index (χ4v) is 4.55. The minimum Gasteiger partial charge on any atom is -0.507 e. The zero-order valence-electron chi connectivity index (χ0n) is 17.9. The van der Waals surface area contributed by atoms with Gasteiger partial charge in [0.25, 0.3) is 0 Å². The Labute approximate surface area is 172 Å². The van der Waals surface area contributed by atoms with E-state index >= 15 is 0 Å². The average Bonchev–Trinajstić information content (AvgIpc) is 3.12. The molecule has 3 rings (SSSR count). The number of aliphatic imine (C=N–C) groups is 2. The third kappa shape index (κ3) is 4.38. The first-order valence-corrected chi connectivity index (χ1v) is 10.1. The van der Waals surface area contributed by atoms with Crippen molar-refractivity contribution in [2.75, 3.05) is 27.3 Å². The lowest BCUT2D eigenvalue weighted by Crippen LogP contribution is -2.44. The minimum atomic E-state index is -0.748. The molecule has 0 aliphatic carbocycles. The topological polar surface area (TPSA) is 83.7 Å². The molecule has 1 N–H and O–H groups in total. The number of rotatable bonds is 6. The fourth-order valence-electron chi connectivity index (χ4n) is 4.55. The molecule has 0 spiro atoms. The zero-order valence-corrected chi connectivity index (χ0v) is 17.9. The van der Waals surface area contributed by atoms with Crippen LogP contribution in [-0.2, 0) is 4.79 Å². The van der Waals surface area contributed by atoms with E-state index in [2.05, 4.69) is 23.8 Å². The number of methoxy groups -OCH3 is 2. The maximum atomic E-state index is 13.3. The van der Waals surface area contributed by atoms with Crippen molar-refractivity contribution in [3.63, 3.8) is 0 Å². The molecule has 2 aliphatic rings. The van der Waals surface area contributed by atoms with Gasteiger partial charge in [-0.15, -0.1) is 0 Å². The number of carbonyl (C=O) groups excluding carboxylic acids is 1. The zero-order chi connectivity index (χ0) is 21.2. The molecule has 0 radical (unpaired) electrons. The minimum absolute atomic E-state index is 0.0242. The van der Waals surface area contributed by atoms with E-state index in [0.29, 0.717) is 28.9 Å². The number of likely N-dealkylation sites (tertiary alicyclic amines) is 1. The summed E-state index contributed by atoms with van der Waals surface area (Å²) in [6, 6.07) is 3.26. The van der Waals surface area contributed by atoms with E-state index < -0.39 is 11.5 Å². The van der Waals surface area contributed by atoms with Crippen LogP contribution < -0.4 is 9.47 Å². The first-order valence-electron chi connectivity index (χ1n) is 10.1. The monoisotopic (exact) mass is 401 g/mol. The number of phenolic OH excluding ortho intramolecular Hbond substituents is 1. The van der Waals surface area contributed by atoms with Crippen molar-refractivity contribution in [1.29, 1.82) is 0 Å². The first kappa shape index (κ1) is 21.1. The summed E-state index contributed by atoms with van der Waals surface area (Å²) >= 11 is 0. The van der Waals surface area contributed by atoms with Crippen LogP contribution >= 0.6 is 0 Å². The van der Waals surface area contributed by atoms with E-state index in [-0.39, 0.29) is 18.1 Å². The van der Waals surface area contributed by atoms with Crippen LogP contribution in [0.2, 0.25) is 0 Å². The third-order valence-corrected chi connectivity index (χ3v) is 5.94. The molecule has 7 nitrogen and oxygen atoms in total. The number of hydrogen-bond acceptors (Lipinski definition) is 6. The molecule has 1 saturated heterocycles. The second-order valence-corrected chi connectivity index (χ2v) is 8.51. The smallest absolute Gasteiger partial charge is 0.223 e. The quantitative estimate of drug-likeness (QED) is 0.793. The summed E-state index contributed by atoms with van der Waals surface area (Å²) in [5.41, 5.74) is -0.199. The fraction of sp³-hybridized carbons (Fsp3) is 0.591. The second-order valence-electron chi connectivity index (χ2n) is 8.51. The van der Waals surface area contributed by atoms with Crippen LogP contribution in [0, 0.1) is 11.8 Å². The Bertz CT molecular complexity index is 799. The number of benzene rings is 1. The molecule has 158 valence electrons. The summed E-state index contributed by atoms with van der Waals surface area (Å²) in [6.07, 6.45) is 4.57. The number of phenols is 1. The molecule has 4 unspecified atom stereocenters. The largest absolute Gasteiger partial charge is 0.507 e. The Morgan fingerprint density at radius 1 is 1.28 bits per heavy atom.